The van der Waals surface area contributed by atoms with Gasteiger partial charge in [-0.25, -0.2) is 9.69 Å². The third-order valence-corrected chi connectivity index (χ3v) is 3.82. The second kappa shape index (κ2) is 6.19. The molecule has 1 aromatic rings. The van der Waals surface area contributed by atoms with Crippen LogP contribution in [-0.4, -0.2) is 28.5 Å². The number of allylic oxidation sites excluding steroid dienone is 1. The second-order valence-corrected chi connectivity index (χ2v) is 7.13. The third-order valence-electron chi connectivity index (χ3n) is 3.82. The average Bonchev–Trinajstić information content (AvgIpc) is 2.45. The first-order valence-electron chi connectivity index (χ1n) is 7.99. The highest BCUT2D eigenvalue weighted by Crippen LogP contribution is 2.36. The molecule has 0 aromatic heterocycles. The number of imide groups is 1. The van der Waals surface area contributed by atoms with Crippen LogP contribution in [-0.2, 0) is 4.74 Å². The van der Waals surface area contributed by atoms with E-state index in [-0.39, 0.29) is 17.9 Å². The molecule has 0 N–H and O–H groups in total. The van der Waals surface area contributed by atoms with Crippen molar-refractivity contribution < 1.29 is 14.3 Å². The lowest BCUT2D eigenvalue weighted by molar-refractivity contribution is 0.0166. The second-order valence-electron chi connectivity index (χ2n) is 7.13. The van der Waals surface area contributed by atoms with Gasteiger partial charge in [0.2, 0.25) is 0 Å². The Morgan fingerprint density at radius 1 is 1.22 bits per heavy atom. The highest BCUT2D eigenvalue weighted by molar-refractivity contribution is 6.10. The standard InChI is InChI=1S/C19H25NO3/c1-7-13-14-10-8-9-11-15(14)17(21)20(16(13)12(2)3)18(22)23-19(4,5)6/h7-12,16H,1-6H3/b13-7-/t16-/m0/s1. The molecule has 2 rings (SSSR count). The van der Waals surface area contributed by atoms with Gasteiger partial charge in [-0.15, -0.1) is 0 Å². The van der Waals surface area contributed by atoms with E-state index in [0.29, 0.717) is 5.56 Å². The van der Waals surface area contributed by atoms with Crippen LogP contribution in [0.2, 0.25) is 0 Å². The zero-order valence-corrected chi connectivity index (χ0v) is 14.7. The Morgan fingerprint density at radius 2 is 1.78 bits per heavy atom. The van der Waals surface area contributed by atoms with Crippen molar-refractivity contribution in [3.05, 3.63) is 41.5 Å². The number of carbonyl (C=O) groups is 2. The summed E-state index contributed by atoms with van der Waals surface area (Å²) in [6.45, 7) is 11.3. The van der Waals surface area contributed by atoms with E-state index in [0.717, 1.165) is 11.1 Å². The third kappa shape index (κ3) is 3.31. The zero-order valence-electron chi connectivity index (χ0n) is 14.7. The topological polar surface area (TPSA) is 46.6 Å². The Morgan fingerprint density at radius 3 is 2.26 bits per heavy atom. The van der Waals surface area contributed by atoms with Gasteiger partial charge in [0.1, 0.15) is 5.60 Å². The maximum absolute atomic E-state index is 12.9. The Hall–Kier alpha value is -2.10. The molecule has 0 saturated carbocycles. The minimum atomic E-state index is -0.647. The fourth-order valence-corrected chi connectivity index (χ4v) is 2.97. The smallest absolute Gasteiger partial charge is 0.417 e. The highest BCUT2D eigenvalue weighted by atomic mass is 16.6. The number of fused-ring (bicyclic) bond motifs is 1. The first-order chi connectivity index (χ1) is 10.7. The van der Waals surface area contributed by atoms with E-state index in [1.807, 2.05) is 45.0 Å². The summed E-state index contributed by atoms with van der Waals surface area (Å²) in [5.74, 6) is -0.204. The molecule has 1 atom stereocenters. The van der Waals surface area contributed by atoms with Gasteiger partial charge in [-0.2, -0.15) is 0 Å². The Kier molecular flexibility index (Phi) is 4.64. The van der Waals surface area contributed by atoms with E-state index in [2.05, 4.69) is 0 Å². The normalized spacial score (nSPS) is 20.0. The molecule has 0 unspecified atom stereocenters. The Bertz CT molecular complexity index is 653. The first kappa shape index (κ1) is 17.3. The maximum Gasteiger partial charge on any atom is 0.417 e. The van der Waals surface area contributed by atoms with Crippen molar-refractivity contribution in [3.63, 3.8) is 0 Å². The van der Waals surface area contributed by atoms with Crippen molar-refractivity contribution in [1.82, 2.24) is 4.90 Å². The van der Waals surface area contributed by atoms with Gasteiger partial charge in [0.15, 0.2) is 0 Å². The monoisotopic (exact) mass is 315 g/mol. The zero-order chi connectivity index (χ0) is 17.4. The molecule has 2 amide bonds. The number of rotatable bonds is 1. The molecule has 1 aliphatic rings. The van der Waals surface area contributed by atoms with Crippen molar-refractivity contribution in [1.29, 1.82) is 0 Å². The molecule has 1 heterocycles. The molecular formula is C19H25NO3. The SMILES string of the molecule is C/C=C1/c2ccccc2C(=O)N(C(=O)OC(C)(C)C)[C@H]1C(C)C. The maximum atomic E-state index is 12.9. The molecule has 0 fully saturated rings. The van der Waals surface area contributed by atoms with E-state index < -0.39 is 11.7 Å². The van der Waals surface area contributed by atoms with Gasteiger partial charge >= 0.3 is 6.09 Å². The van der Waals surface area contributed by atoms with Crippen LogP contribution in [0.5, 0.6) is 0 Å². The molecule has 23 heavy (non-hydrogen) atoms. The molecule has 0 radical (unpaired) electrons. The van der Waals surface area contributed by atoms with Crippen LogP contribution in [0.15, 0.2) is 30.3 Å². The molecule has 4 nitrogen and oxygen atoms in total. The van der Waals surface area contributed by atoms with Crippen molar-refractivity contribution in [2.45, 2.75) is 53.2 Å². The highest BCUT2D eigenvalue weighted by Gasteiger charge is 2.42. The largest absolute Gasteiger partial charge is 0.443 e. The fraction of sp³-hybridized carbons (Fsp3) is 0.474. The summed E-state index contributed by atoms with van der Waals surface area (Å²) in [7, 11) is 0. The number of benzene rings is 1. The van der Waals surface area contributed by atoms with Crippen LogP contribution in [0.1, 0.15) is 57.5 Å². The molecule has 4 heteroatoms. The summed E-state index contributed by atoms with van der Waals surface area (Å²) in [4.78, 5) is 26.9. The number of hydrogen-bond acceptors (Lipinski definition) is 3. The fourth-order valence-electron chi connectivity index (χ4n) is 2.97. The van der Waals surface area contributed by atoms with Gasteiger partial charge in [0.25, 0.3) is 5.91 Å². The summed E-state index contributed by atoms with van der Waals surface area (Å²) >= 11 is 0. The van der Waals surface area contributed by atoms with E-state index >= 15 is 0 Å². The van der Waals surface area contributed by atoms with Crippen molar-refractivity contribution in [2.24, 2.45) is 5.92 Å². The molecule has 1 aromatic carbocycles. The predicted octanol–water partition coefficient (Wildman–Crippen LogP) is 4.51. The summed E-state index contributed by atoms with van der Waals surface area (Å²) < 4.78 is 5.47. The molecule has 0 aliphatic carbocycles. The summed E-state index contributed by atoms with van der Waals surface area (Å²) in [6.07, 6.45) is 1.39. The van der Waals surface area contributed by atoms with Crippen LogP contribution < -0.4 is 0 Å². The van der Waals surface area contributed by atoms with Crippen molar-refractivity contribution in [3.8, 4) is 0 Å². The van der Waals surface area contributed by atoms with E-state index in [1.54, 1.807) is 26.8 Å². The van der Waals surface area contributed by atoms with Gasteiger partial charge in [0.05, 0.1) is 6.04 Å². The number of ether oxygens (including phenoxy) is 1. The minimum absolute atomic E-state index is 0.0889. The minimum Gasteiger partial charge on any atom is -0.443 e. The van der Waals surface area contributed by atoms with Crippen LogP contribution in [0, 0.1) is 5.92 Å². The van der Waals surface area contributed by atoms with E-state index in [9.17, 15) is 9.59 Å². The lowest BCUT2D eigenvalue weighted by Gasteiger charge is -2.39. The summed E-state index contributed by atoms with van der Waals surface area (Å²) in [5, 5.41) is 0. The van der Waals surface area contributed by atoms with Crippen LogP contribution in [0.4, 0.5) is 4.79 Å². The van der Waals surface area contributed by atoms with Crippen LogP contribution in [0.25, 0.3) is 5.57 Å². The lowest BCUT2D eigenvalue weighted by Crippen LogP contribution is -2.52. The molecule has 0 saturated heterocycles. The van der Waals surface area contributed by atoms with Crippen LogP contribution in [0.3, 0.4) is 0 Å². The molecular weight excluding hydrogens is 290 g/mol. The van der Waals surface area contributed by atoms with E-state index in [4.69, 9.17) is 4.74 Å². The van der Waals surface area contributed by atoms with Crippen molar-refractivity contribution in [2.75, 3.05) is 0 Å². The number of hydrogen-bond donors (Lipinski definition) is 0. The summed E-state index contributed by atoms with van der Waals surface area (Å²) in [6, 6.07) is 7.10. The van der Waals surface area contributed by atoms with Gasteiger partial charge in [-0.3, -0.25) is 4.79 Å². The molecule has 0 bridgehead atoms. The quantitative estimate of drug-likeness (QED) is 0.766. The Balaban J connectivity index is 2.57. The first-order valence-corrected chi connectivity index (χ1v) is 7.99. The number of carbonyl (C=O) groups excluding carboxylic acids is 2. The predicted molar refractivity (Wildman–Crippen MR) is 91.1 cm³/mol. The molecule has 0 spiro atoms. The van der Waals surface area contributed by atoms with Gasteiger partial charge < -0.3 is 4.74 Å². The van der Waals surface area contributed by atoms with E-state index in [1.165, 1.54) is 4.90 Å². The average molecular weight is 315 g/mol. The summed E-state index contributed by atoms with van der Waals surface area (Å²) in [5.41, 5.74) is 1.79. The molecule has 1 aliphatic heterocycles. The molecule has 124 valence electrons. The lowest BCUT2D eigenvalue weighted by atomic mass is 9.83. The van der Waals surface area contributed by atoms with Gasteiger partial charge in [-0.1, -0.05) is 38.1 Å². The number of amides is 2. The van der Waals surface area contributed by atoms with Crippen LogP contribution >= 0.6 is 0 Å². The number of nitrogens with zero attached hydrogens (tertiary/aromatic N) is 1. The van der Waals surface area contributed by atoms with Crippen molar-refractivity contribution >= 4 is 17.6 Å². The Labute approximate surface area is 138 Å². The van der Waals surface area contributed by atoms with Gasteiger partial charge in [0, 0.05) is 5.56 Å². The van der Waals surface area contributed by atoms with Gasteiger partial charge in [-0.05, 0) is 50.8 Å².